The number of hydrogen-bond donors (Lipinski definition) is 2. The molecule has 0 atom stereocenters. The summed E-state index contributed by atoms with van der Waals surface area (Å²) in [5, 5.41) is 2.84. The van der Waals surface area contributed by atoms with Crippen molar-refractivity contribution >= 4 is 11.5 Å². The van der Waals surface area contributed by atoms with E-state index in [-0.39, 0.29) is 5.56 Å². The molecule has 0 fully saturated rings. The number of nitrogens with zero attached hydrogens (tertiary/aromatic N) is 3. The molecule has 2 rings (SSSR count). The smallest absolute Gasteiger partial charge is 0.293 e. The molecule has 0 bridgehead atoms. The summed E-state index contributed by atoms with van der Waals surface area (Å²) in [6.45, 7) is 2.71. The summed E-state index contributed by atoms with van der Waals surface area (Å²) in [6, 6.07) is 0. The average molecular weight is 209 g/mol. The molecule has 2 aromatic heterocycles. The number of nitrogen functional groups attached to an aromatic ring is 1. The molecule has 6 nitrogen and oxygen atoms in total. The normalized spacial score (nSPS) is 11.1. The topological polar surface area (TPSA) is 68.9 Å². The standard InChI is InChI=1S/C9H15N5O/c1-3-4-13-9(15)7(11-2)8(10)12-5-6-14(12)13/h5-6,11H,3-4,10H2,1-2H3. The Labute approximate surface area is 86.9 Å². The minimum atomic E-state index is -0.0857. The van der Waals surface area contributed by atoms with E-state index >= 15 is 0 Å². The SMILES string of the molecule is CCCn1c(=O)c(NC)c(N)n2ccn12. The fraction of sp³-hybridized carbons (Fsp3) is 0.444. The molecular weight excluding hydrogens is 194 g/mol. The zero-order valence-electron chi connectivity index (χ0n) is 8.90. The van der Waals surface area contributed by atoms with Crippen LogP contribution in [0.15, 0.2) is 17.2 Å². The van der Waals surface area contributed by atoms with Crippen LogP contribution in [0.1, 0.15) is 13.3 Å². The lowest BCUT2D eigenvalue weighted by Gasteiger charge is -2.20. The summed E-state index contributed by atoms with van der Waals surface area (Å²) in [6.07, 6.45) is 4.54. The zero-order chi connectivity index (χ0) is 11.0. The summed E-state index contributed by atoms with van der Waals surface area (Å²) in [5.74, 6) is 0.442. The Bertz CT molecular complexity index is 532. The van der Waals surface area contributed by atoms with Gasteiger partial charge in [0.15, 0.2) is 5.82 Å². The van der Waals surface area contributed by atoms with Gasteiger partial charge in [0.25, 0.3) is 5.56 Å². The van der Waals surface area contributed by atoms with Gasteiger partial charge in [-0.3, -0.25) is 4.79 Å². The minimum Gasteiger partial charge on any atom is -0.382 e. The minimum absolute atomic E-state index is 0.0857. The van der Waals surface area contributed by atoms with E-state index in [4.69, 9.17) is 5.73 Å². The molecule has 15 heavy (non-hydrogen) atoms. The largest absolute Gasteiger partial charge is 0.382 e. The first-order valence-corrected chi connectivity index (χ1v) is 4.96. The first-order valence-electron chi connectivity index (χ1n) is 4.96. The van der Waals surface area contributed by atoms with Crippen molar-refractivity contribution in [2.75, 3.05) is 18.1 Å². The third kappa shape index (κ3) is 1.21. The fourth-order valence-electron chi connectivity index (χ4n) is 1.68. The van der Waals surface area contributed by atoms with Crippen LogP contribution in [-0.4, -0.2) is 20.9 Å². The lowest BCUT2D eigenvalue weighted by Crippen LogP contribution is -2.34. The van der Waals surface area contributed by atoms with Gasteiger partial charge in [-0.1, -0.05) is 6.92 Å². The molecule has 0 unspecified atom stereocenters. The number of aromatic nitrogens is 3. The van der Waals surface area contributed by atoms with E-state index in [0.717, 1.165) is 6.42 Å². The maximum Gasteiger partial charge on any atom is 0.293 e. The van der Waals surface area contributed by atoms with Crippen LogP contribution < -0.4 is 16.6 Å². The number of nitrogens with two attached hydrogens (primary N) is 1. The Balaban J connectivity index is 2.75. The highest BCUT2D eigenvalue weighted by atomic mass is 16.1. The Morgan fingerprint density at radius 3 is 2.67 bits per heavy atom. The number of hydrogen-bond acceptors (Lipinski definition) is 3. The van der Waals surface area contributed by atoms with Gasteiger partial charge in [-0.25, -0.2) is 9.20 Å². The van der Waals surface area contributed by atoms with Crippen LogP contribution in [0.3, 0.4) is 0 Å². The van der Waals surface area contributed by atoms with E-state index in [9.17, 15) is 4.79 Å². The van der Waals surface area contributed by atoms with Gasteiger partial charge in [0.1, 0.15) is 5.69 Å². The third-order valence-corrected chi connectivity index (χ3v) is 2.45. The Morgan fingerprint density at radius 1 is 1.47 bits per heavy atom. The Kier molecular flexibility index (Phi) is 2.18. The summed E-state index contributed by atoms with van der Waals surface area (Å²) in [5.41, 5.74) is 6.19. The summed E-state index contributed by atoms with van der Waals surface area (Å²) in [7, 11) is 1.70. The van der Waals surface area contributed by atoms with Crippen LogP contribution in [0.5, 0.6) is 0 Å². The van der Waals surface area contributed by atoms with Gasteiger partial charge in [-0.05, 0) is 6.42 Å². The fourth-order valence-corrected chi connectivity index (χ4v) is 1.68. The number of nitrogens with one attached hydrogen (secondary N) is 1. The predicted octanol–water partition coefficient (Wildman–Crippen LogP) is 0.234. The van der Waals surface area contributed by atoms with Gasteiger partial charge < -0.3 is 11.1 Å². The van der Waals surface area contributed by atoms with Crippen molar-refractivity contribution in [1.29, 1.82) is 0 Å². The molecule has 0 saturated heterocycles. The van der Waals surface area contributed by atoms with Gasteiger partial charge in [-0.15, -0.1) is 0 Å². The van der Waals surface area contributed by atoms with Crippen LogP contribution in [-0.2, 0) is 6.54 Å². The van der Waals surface area contributed by atoms with E-state index in [2.05, 4.69) is 5.32 Å². The Morgan fingerprint density at radius 2 is 2.20 bits per heavy atom. The van der Waals surface area contributed by atoms with Crippen LogP contribution in [0, 0.1) is 0 Å². The maximum atomic E-state index is 12.0. The van der Waals surface area contributed by atoms with Crippen molar-refractivity contribution in [2.45, 2.75) is 19.9 Å². The molecule has 0 amide bonds. The number of rotatable bonds is 3. The summed E-state index contributed by atoms with van der Waals surface area (Å²) >= 11 is 0. The van der Waals surface area contributed by atoms with Crippen molar-refractivity contribution in [3.8, 4) is 0 Å². The van der Waals surface area contributed by atoms with E-state index in [1.165, 1.54) is 0 Å². The van der Waals surface area contributed by atoms with E-state index in [1.54, 1.807) is 20.9 Å². The monoisotopic (exact) mass is 209 g/mol. The van der Waals surface area contributed by atoms with Crippen LogP contribution in [0.2, 0.25) is 0 Å². The molecule has 2 heterocycles. The van der Waals surface area contributed by atoms with Gasteiger partial charge in [0.2, 0.25) is 0 Å². The van der Waals surface area contributed by atoms with E-state index in [0.29, 0.717) is 18.1 Å². The maximum absolute atomic E-state index is 12.0. The highest BCUT2D eigenvalue weighted by Gasteiger charge is 2.12. The first kappa shape index (κ1) is 9.70. The number of fused-ring (bicyclic) bond motifs is 1. The number of anilines is 2. The van der Waals surface area contributed by atoms with Gasteiger partial charge in [0, 0.05) is 13.6 Å². The molecule has 0 saturated carbocycles. The first-order chi connectivity index (χ1) is 7.20. The molecule has 0 aliphatic carbocycles. The predicted molar refractivity (Wildman–Crippen MR) is 59.4 cm³/mol. The van der Waals surface area contributed by atoms with Crippen molar-refractivity contribution in [3.05, 3.63) is 22.7 Å². The molecule has 2 aromatic rings. The van der Waals surface area contributed by atoms with Gasteiger partial charge >= 0.3 is 0 Å². The second-order valence-corrected chi connectivity index (χ2v) is 3.40. The average Bonchev–Trinajstić information content (AvgIpc) is 2.14. The van der Waals surface area contributed by atoms with E-state index in [1.807, 2.05) is 19.3 Å². The molecular formula is C9H15N5O. The quantitative estimate of drug-likeness (QED) is 0.760. The molecule has 82 valence electrons. The second kappa shape index (κ2) is 3.38. The molecule has 0 aromatic carbocycles. The highest BCUT2D eigenvalue weighted by molar-refractivity contribution is 5.59. The van der Waals surface area contributed by atoms with Crippen molar-refractivity contribution in [3.63, 3.8) is 0 Å². The molecule has 0 spiro atoms. The zero-order valence-corrected chi connectivity index (χ0v) is 8.90. The Hall–Kier alpha value is -1.85. The molecule has 3 N–H and O–H groups in total. The summed E-state index contributed by atoms with van der Waals surface area (Å²) < 4.78 is 5.12. The second-order valence-electron chi connectivity index (χ2n) is 3.40. The molecule has 0 aliphatic rings. The lowest BCUT2D eigenvalue weighted by atomic mass is 10.4. The lowest BCUT2D eigenvalue weighted by molar-refractivity contribution is 0.441. The van der Waals surface area contributed by atoms with Crippen LogP contribution >= 0.6 is 0 Å². The highest BCUT2D eigenvalue weighted by Crippen LogP contribution is 2.12. The van der Waals surface area contributed by atoms with Gasteiger partial charge in [0.05, 0.1) is 12.4 Å². The van der Waals surface area contributed by atoms with Crippen molar-refractivity contribution in [1.82, 2.24) is 13.8 Å². The van der Waals surface area contributed by atoms with Crippen molar-refractivity contribution in [2.24, 2.45) is 0 Å². The van der Waals surface area contributed by atoms with Gasteiger partial charge in [-0.2, -0.15) is 4.63 Å². The summed E-state index contributed by atoms with van der Waals surface area (Å²) in [4.78, 5) is 12.0. The number of aryl methyl sites for hydroxylation is 1. The van der Waals surface area contributed by atoms with E-state index < -0.39 is 0 Å². The molecule has 0 radical (unpaired) electrons. The van der Waals surface area contributed by atoms with Crippen molar-refractivity contribution < 1.29 is 0 Å². The third-order valence-electron chi connectivity index (χ3n) is 2.45. The van der Waals surface area contributed by atoms with Crippen LogP contribution in [0.4, 0.5) is 11.5 Å². The molecule has 6 heteroatoms. The van der Waals surface area contributed by atoms with Crippen LogP contribution in [0.25, 0.3) is 0 Å². The molecule has 0 aliphatic heterocycles.